The van der Waals surface area contributed by atoms with Crippen molar-refractivity contribution < 1.29 is 19.7 Å². The van der Waals surface area contributed by atoms with Crippen LogP contribution in [0, 0.1) is 0 Å². The third kappa shape index (κ3) is 8.51. The lowest BCUT2D eigenvalue weighted by molar-refractivity contribution is -0.0428. The van der Waals surface area contributed by atoms with Gasteiger partial charge in [-0.2, -0.15) is 0 Å². The Kier molecular flexibility index (Phi) is 9.68. The number of hydrogen-bond donors (Lipinski definition) is 2. The van der Waals surface area contributed by atoms with E-state index in [1.54, 1.807) is 7.11 Å². The van der Waals surface area contributed by atoms with Crippen LogP contribution in [0.5, 0.6) is 0 Å². The van der Waals surface area contributed by atoms with Crippen LogP contribution >= 0.6 is 0 Å². The molecule has 2 N–H and O–H groups in total. The molecule has 104 valence electrons. The predicted molar refractivity (Wildman–Crippen MR) is 67.1 cm³/mol. The Morgan fingerprint density at radius 2 is 1.82 bits per heavy atom. The fourth-order valence-electron chi connectivity index (χ4n) is 1.57. The Bertz CT molecular complexity index is 178. The summed E-state index contributed by atoms with van der Waals surface area (Å²) in [4.78, 5) is 2.02. The Labute approximate surface area is 104 Å². The van der Waals surface area contributed by atoms with Crippen LogP contribution in [0.15, 0.2) is 0 Å². The molecular formula is C12H27NO4. The summed E-state index contributed by atoms with van der Waals surface area (Å²) in [6.07, 6.45) is -0.553. The highest BCUT2D eigenvalue weighted by Gasteiger charge is 2.15. The van der Waals surface area contributed by atoms with Crippen LogP contribution in [0.1, 0.15) is 20.8 Å². The van der Waals surface area contributed by atoms with E-state index >= 15 is 0 Å². The van der Waals surface area contributed by atoms with Crippen LogP contribution < -0.4 is 0 Å². The van der Waals surface area contributed by atoms with Gasteiger partial charge in [-0.3, -0.25) is 4.90 Å². The molecule has 0 radical (unpaired) electrons. The summed E-state index contributed by atoms with van der Waals surface area (Å²) in [7, 11) is 1.62. The number of ether oxygens (including phenoxy) is 2. The molecule has 0 aromatic carbocycles. The first-order valence-electron chi connectivity index (χ1n) is 6.14. The van der Waals surface area contributed by atoms with Gasteiger partial charge in [0, 0.05) is 26.2 Å². The summed E-state index contributed by atoms with van der Waals surface area (Å²) in [5.41, 5.74) is 0. The summed E-state index contributed by atoms with van der Waals surface area (Å²) in [6, 6.07) is 0.299. The highest BCUT2D eigenvalue weighted by atomic mass is 16.5. The number of aliphatic hydroxyl groups excluding tert-OH is 2. The van der Waals surface area contributed by atoms with E-state index in [0.29, 0.717) is 32.3 Å². The van der Waals surface area contributed by atoms with Crippen LogP contribution in [0.4, 0.5) is 0 Å². The predicted octanol–water partition coefficient (Wildman–Crippen LogP) is 0.102. The number of methoxy groups -OCH3 is 1. The molecule has 0 aromatic heterocycles. The summed E-state index contributed by atoms with van der Waals surface area (Å²) in [5, 5.41) is 18.7. The number of rotatable bonds is 10. The second-order valence-corrected chi connectivity index (χ2v) is 4.57. The van der Waals surface area contributed by atoms with E-state index < -0.39 is 6.10 Å². The topological polar surface area (TPSA) is 62.2 Å². The molecule has 0 amide bonds. The van der Waals surface area contributed by atoms with E-state index in [9.17, 15) is 5.11 Å². The Morgan fingerprint density at radius 3 is 2.29 bits per heavy atom. The molecule has 0 aliphatic heterocycles. The first-order chi connectivity index (χ1) is 8.01. The van der Waals surface area contributed by atoms with Crippen LogP contribution in [-0.2, 0) is 9.47 Å². The largest absolute Gasteiger partial charge is 0.395 e. The molecular weight excluding hydrogens is 222 g/mol. The van der Waals surface area contributed by atoms with Crippen molar-refractivity contribution in [1.29, 1.82) is 0 Å². The van der Waals surface area contributed by atoms with E-state index in [-0.39, 0.29) is 12.7 Å². The molecule has 0 rings (SSSR count). The molecule has 5 nitrogen and oxygen atoms in total. The van der Waals surface area contributed by atoms with Gasteiger partial charge in [0.1, 0.15) is 0 Å². The van der Waals surface area contributed by atoms with Crippen LogP contribution in [0.3, 0.4) is 0 Å². The fraction of sp³-hybridized carbons (Fsp3) is 1.00. The van der Waals surface area contributed by atoms with Gasteiger partial charge in [-0.25, -0.2) is 0 Å². The Balaban J connectivity index is 3.85. The zero-order valence-corrected chi connectivity index (χ0v) is 11.4. The highest BCUT2D eigenvalue weighted by molar-refractivity contribution is 4.68. The third-order valence-corrected chi connectivity index (χ3v) is 2.54. The maximum absolute atomic E-state index is 9.82. The van der Waals surface area contributed by atoms with Crippen molar-refractivity contribution in [2.45, 2.75) is 39.0 Å². The van der Waals surface area contributed by atoms with E-state index in [1.165, 1.54) is 0 Å². The van der Waals surface area contributed by atoms with Gasteiger partial charge in [0.2, 0.25) is 0 Å². The van der Waals surface area contributed by atoms with Crippen molar-refractivity contribution in [3.8, 4) is 0 Å². The smallest absolute Gasteiger partial charge is 0.0900 e. The molecule has 0 fully saturated rings. The lowest BCUT2D eigenvalue weighted by Gasteiger charge is -2.28. The monoisotopic (exact) mass is 249 g/mol. The van der Waals surface area contributed by atoms with Crippen molar-refractivity contribution in [1.82, 2.24) is 4.90 Å². The second kappa shape index (κ2) is 9.79. The lowest BCUT2D eigenvalue weighted by atomic mass is 10.2. The summed E-state index contributed by atoms with van der Waals surface area (Å²) in [6.45, 7) is 7.99. The van der Waals surface area contributed by atoms with Gasteiger partial charge in [-0.1, -0.05) is 0 Å². The average molecular weight is 249 g/mol. The lowest BCUT2D eigenvalue weighted by Crippen LogP contribution is -2.41. The van der Waals surface area contributed by atoms with Crippen molar-refractivity contribution in [3.05, 3.63) is 0 Å². The van der Waals surface area contributed by atoms with Gasteiger partial charge in [-0.15, -0.1) is 0 Å². The first-order valence-corrected chi connectivity index (χ1v) is 6.14. The SMILES string of the molecule is COCC(C)OCC(O)CN(CCO)C(C)C. The number of aliphatic hydroxyl groups is 2. The molecule has 0 aliphatic carbocycles. The molecule has 2 unspecified atom stereocenters. The second-order valence-electron chi connectivity index (χ2n) is 4.57. The van der Waals surface area contributed by atoms with Crippen LogP contribution in [0.25, 0.3) is 0 Å². The molecule has 0 heterocycles. The third-order valence-electron chi connectivity index (χ3n) is 2.54. The molecule has 0 bridgehead atoms. The zero-order chi connectivity index (χ0) is 13.3. The van der Waals surface area contributed by atoms with E-state index in [2.05, 4.69) is 0 Å². The zero-order valence-electron chi connectivity index (χ0n) is 11.4. The Morgan fingerprint density at radius 1 is 1.18 bits per heavy atom. The highest BCUT2D eigenvalue weighted by Crippen LogP contribution is 2.01. The maximum atomic E-state index is 9.82. The van der Waals surface area contributed by atoms with E-state index in [1.807, 2.05) is 25.7 Å². The van der Waals surface area contributed by atoms with Crippen molar-refractivity contribution >= 4 is 0 Å². The van der Waals surface area contributed by atoms with Gasteiger partial charge in [0.25, 0.3) is 0 Å². The van der Waals surface area contributed by atoms with Gasteiger partial charge in [0.15, 0.2) is 0 Å². The molecule has 0 aromatic rings. The maximum Gasteiger partial charge on any atom is 0.0900 e. The number of hydrogen-bond acceptors (Lipinski definition) is 5. The van der Waals surface area contributed by atoms with Gasteiger partial charge >= 0.3 is 0 Å². The molecule has 17 heavy (non-hydrogen) atoms. The summed E-state index contributed by atoms with van der Waals surface area (Å²) in [5.74, 6) is 0. The minimum absolute atomic E-state index is 0.0139. The van der Waals surface area contributed by atoms with Crippen molar-refractivity contribution in [2.24, 2.45) is 0 Å². The fourth-order valence-corrected chi connectivity index (χ4v) is 1.57. The normalized spacial score (nSPS) is 15.5. The van der Waals surface area contributed by atoms with Gasteiger partial charge in [0.05, 0.1) is 32.0 Å². The van der Waals surface area contributed by atoms with Gasteiger partial charge < -0.3 is 19.7 Å². The molecule has 0 saturated heterocycles. The van der Waals surface area contributed by atoms with Gasteiger partial charge in [-0.05, 0) is 20.8 Å². The van der Waals surface area contributed by atoms with Crippen molar-refractivity contribution in [2.75, 3.05) is 40.0 Å². The average Bonchev–Trinajstić information content (AvgIpc) is 2.26. The standard InChI is InChI=1S/C12H27NO4/c1-10(2)13(5-6-14)7-12(15)9-17-11(3)8-16-4/h10-12,14-15H,5-9H2,1-4H3. The minimum atomic E-state index is -0.539. The molecule has 0 spiro atoms. The Hall–Kier alpha value is -0.200. The summed E-state index contributed by atoms with van der Waals surface area (Å²) < 4.78 is 10.4. The molecule has 5 heteroatoms. The van der Waals surface area contributed by atoms with Crippen LogP contribution in [-0.4, -0.2) is 73.4 Å². The first kappa shape index (κ1) is 16.8. The number of nitrogens with zero attached hydrogens (tertiary/aromatic N) is 1. The minimum Gasteiger partial charge on any atom is -0.395 e. The van der Waals surface area contributed by atoms with E-state index in [0.717, 1.165) is 0 Å². The molecule has 0 aliphatic rings. The summed E-state index contributed by atoms with van der Waals surface area (Å²) >= 11 is 0. The molecule has 2 atom stereocenters. The van der Waals surface area contributed by atoms with Crippen molar-refractivity contribution in [3.63, 3.8) is 0 Å². The quantitative estimate of drug-likeness (QED) is 0.575. The molecule has 0 saturated carbocycles. The van der Waals surface area contributed by atoms with E-state index in [4.69, 9.17) is 14.6 Å². The van der Waals surface area contributed by atoms with Crippen LogP contribution in [0.2, 0.25) is 0 Å².